The van der Waals surface area contributed by atoms with Crippen LogP contribution in [0.5, 0.6) is 0 Å². The van der Waals surface area contributed by atoms with Gasteiger partial charge in [-0.25, -0.2) is 0 Å². The summed E-state index contributed by atoms with van der Waals surface area (Å²) in [6.45, 7) is 1.32. The average molecular weight is 313 g/mol. The normalized spacial score (nSPS) is 21.0. The molecule has 0 aromatic rings. The minimum Gasteiger partial charge on any atom is -0.582 e. The molecule has 1 aliphatic heterocycles. The van der Waals surface area contributed by atoms with Crippen molar-refractivity contribution >= 4 is 23.6 Å². The molecule has 0 aliphatic carbocycles. The van der Waals surface area contributed by atoms with E-state index in [0.717, 1.165) is 0 Å². The van der Waals surface area contributed by atoms with E-state index in [4.69, 9.17) is 10.8 Å². The van der Waals surface area contributed by atoms with E-state index in [0.29, 0.717) is 6.42 Å². The minimum absolute atomic E-state index is 0.0347. The first kappa shape index (κ1) is 18.1. The van der Waals surface area contributed by atoms with E-state index in [1.807, 2.05) is 6.92 Å². The standard InChI is InChI=1S/C13H21N4O5/c1-13(16-17-13)5-4-9(18)6-8(2-3-10(14)19)12(22)15-7-11(20)21/h8,16H,2-7H2,1H3,(H2,14,19)(H,15,22)(H,20,21)/q-1. The van der Waals surface area contributed by atoms with Gasteiger partial charge in [-0.1, -0.05) is 12.6 Å². The van der Waals surface area contributed by atoms with E-state index in [-0.39, 0.29) is 37.1 Å². The molecule has 9 nitrogen and oxygen atoms in total. The molecule has 1 saturated heterocycles. The molecule has 0 aromatic heterocycles. The fourth-order valence-corrected chi connectivity index (χ4v) is 1.92. The maximum atomic E-state index is 11.9. The number of nitrogens with zero attached hydrogens (tertiary/aromatic N) is 1. The summed E-state index contributed by atoms with van der Waals surface area (Å²) in [6, 6.07) is 0. The number of primary amides is 1. The average Bonchev–Trinajstić information content (AvgIpc) is 3.16. The fourth-order valence-electron chi connectivity index (χ4n) is 1.92. The van der Waals surface area contributed by atoms with Crippen molar-refractivity contribution in [1.82, 2.24) is 10.7 Å². The van der Waals surface area contributed by atoms with Gasteiger partial charge in [0, 0.05) is 25.2 Å². The number of nitrogens with one attached hydrogen (secondary N) is 2. The molecule has 1 aliphatic rings. The van der Waals surface area contributed by atoms with E-state index in [1.165, 1.54) is 0 Å². The van der Waals surface area contributed by atoms with Gasteiger partial charge in [-0.2, -0.15) is 0 Å². The van der Waals surface area contributed by atoms with Gasteiger partial charge in [0.25, 0.3) is 0 Å². The second-order valence-corrected chi connectivity index (χ2v) is 5.55. The molecule has 1 rings (SSSR count). The van der Waals surface area contributed by atoms with E-state index in [9.17, 15) is 19.2 Å². The number of hydrogen-bond acceptors (Lipinski definition) is 5. The lowest BCUT2D eigenvalue weighted by Crippen LogP contribution is -2.36. The molecule has 0 aromatic carbocycles. The van der Waals surface area contributed by atoms with Gasteiger partial charge in [0.1, 0.15) is 12.3 Å². The molecule has 5 N–H and O–H groups in total. The van der Waals surface area contributed by atoms with E-state index >= 15 is 0 Å². The maximum Gasteiger partial charge on any atom is 0.322 e. The quantitative estimate of drug-likeness (QED) is 0.373. The molecule has 0 spiro atoms. The highest BCUT2D eigenvalue weighted by molar-refractivity contribution is 5.88. The zero-order valence-corrected chi connectivity index (χ0v) is 12.4. The number of rotatable bonds is 11. The summed E-state index contributed by atoms with van der Waals surface area (Å²) in [7, 11) is 0. The summed E-state index contributed by atoms with van der Waals surface area (Å²) in [6.07, 6.45) is 0.825. The topological polar surface area (TPSA) is 163 Å². The zero-order valence-electron chi connectivity index (χ0n) is 12.4. The van der Waals surface area contributed by atoms with Gasteiger partial charge >= 0.3 is 5.97 Å². The van der Waals surface area contributed by atoms with Crippen molar-refractivity contribution in [1.29, 1.82) is 0 Å². The number of amides is 2. The second kappa shape index (κ2) is 7.85. The van der Waals surface area contributed by atoms with Crippen molar-refractivity contribution in [2.45, 2.75) is 44.7 Å². The van der Waals surface area contributed by atoms with Crippen molar-refractivity contribution < 1.29 is 24.3 Å². The molecule has 2 amide bonds. The molecule has 124 valence electrons. The minimum atomic E-state index is -1.18. The van der Waals surface area contributed by atoms with Gasteiger partial charge in [0.15, 0.2) is 0 Å². The Labute approximate surface area is 128 Å². The Hall–Kier alpha value is -2.00. The van der Waals surface area contributed by atoms with Crippen molar-refractivity contribution in [3.63, 3.8) is 0 Å². The van der Waals surface area contributed by atoms with Crippen LogP contribution in [0.2, 0.25) is 0 Å². The van der Waals surface area contributed by atoms with Crippen LogP contribution in [0.1, 0.15) is 39.0 Å². The van der Waals surface area contributed by atoms with Crippen molar-refractivity contribution in [2.75, 3.05) is 6.54 Å². The molecular weight excluding hydrogens is 292 g/mol. The number of ketones is 1. The number of Topliss-reactive ketones (excluding diaryl/α,β-unsaturated/α-hetero) is 1. The van der Waals surface area contributed by atoms with Crippen LogP contribution in [0.4, 0.5) is 0 Å². The van der Waals surface area contributed by atoms with Crippen LogP contribution in [-0.2, 0) is 19.2 Å². The third-order valence-corrected chi connectivity index (χ3v) is 3.38. The number of nitrogens with two attached hydrogens (primary N) is 1. The van der Waals surface area contributed by atoms with Crippen LogP contribution in [0, 0.1) is 5.92 Å². The monoisotopic (exact) mass is 313 g/mol. The molecule has 2 atom stereocenters. The predicted molar refractivity (Wildman–Crippen MR) is 76.3 cm³/mol. The summed E-state index contributed by atoms with van der Waals surface area (Å²) in [5.74, 6) is -3.20. The summed E-state index contributed by atoms with van der Waals surface area (Å²) in [5, 5.41) is 10.8. The lowest BCUT2D eigenvalue weighted by molar-refractivity contribution is -0.139. The predicted octanol–water partition coefficient (Wildman–Crippen LogP) is -0.584. The summed E-state index contributed by atoms with van der Waals surface area (Å²) in [5.41, 5.74) is 11.4. The SMILES string of the molecule is CC1(CCC(=O)CC(CCC(N)=O)C(=O)NCC(=O)O)[N-]N1. The largest absolute Gasteiger partial charge is 0.582 e. The number of carboxylic acids is 1. The smallest absolute Gasteiger partial charge is 0.322 e. The summed E-state index contributed by atoms with van der Waals surface area (Å²) >= 11 is 0. The molecule has 2 unspecified atom stereocenters. The molecule has 22 heavy (non-hydrogen) atoms. The Balaban J connectivity index is 2.47. The van der Waals surface area contributed by atoms with Crippen LogP contribution in [0.3, 0.4) is 0 Å². The highest BCUT2D eigenvalue weighted by atomic mass is 16.4. The highest BCUT2D eigenvalue weighted by Crippen LogP contribution is 2.31. The molecule has 0 saturated carbocycles. The Bertz CT molecular complexity index is 461. The number of carboxylic acid groups (broad SMARTS) is 1. The van der Waals surface area contributed by atoms with Crippen LogP contribution in [0.15, 0.2) is 0 Å². The molecule has 1 fully saturated rings. The van der Waals surface area contributed by atoms with Crippen molar-refractivity contribution in [3.05, 3.63) is 5.43 Å². The van der Waals surface area contributed by atoms with Crippen LogP contribution in [-0.4, -0.2) is 40.9 Å². The van der Waals surface area contributed by atoms with E-state index in [1.54, 1.807) is 0 Å². The molecule has 1 heterocycles. The highest BCUT2D eigenvalue weighted by Gasteiger charge is 2.25. The van der Waals surface area contributed by atoms with Crippen LogP contribution in [0.25, 0.3) is 5.43 Å². The molecule has 0 radical (unpaired) electrons. The first-order chi connectivity index (χ1) is 10.2. The Morgan fingerprint density at radius 1 is 1.32 bits per heavy atom. The second-order valence-electron chi connectivity index (χ2n) is 5.55. The number of carbonyl (C=O) groups excluding carboxylic acids is 3. The van der Waals surface area contributed by atoms with Gasteiger partial charge in [-0.15, -0.1) is 0 Å². The Morgan fingerprint density at radius 3 is 2.45 bits per heavy atom. The van der Waals surface area contributed by atoms with Gasteiger partial charge in [0.05, 0.1) is 0 Å². The lowest BCUT2D eigenvalue weighted by atomic mass is 9.93. The number of hydrogen-bond donors (Lipinski definition) is 4. The third kappa shape index (κ3) is 7.14. The van der Waals surface area contributed by atoms with Gasteiger partial charge in [-0.3, -0.25) is 19.2 Å². The van der Waals surface area contributed by atoms with E-state index < -0.39 is 30.2 Å². The van der Waals surface area contributed by atoms with Crippen LogP contribution >= 0.6 is 0 Å². The summed E-state index contributed by atoms with van der Waals surface area (Å²) < 4.78 is 0. The first-order valence-corrected chi connectivity index (χ1v) is 7.00. The fraction of sp³-hybridized carbons (Fsp3) is 0.692. The van der Waals surface area contributed by atoms with Gasteiger partial charge in [0.2, 0.25) is 11.8 Å². The summed E-state index contributed by atoms with van der Waals surface area (Å²) in [4.78, 5) is 45.1. The number of carbonyl (C=O) groups is 4. The Morgan fingerprint density at radius 2 is 1.95 bits per heavy atom. The van der Waals surface area contributed by atoms with Crippen molar-refractivity contribution in [3.8, 4) is 0 Å². The molecular formula is C13H21N4O5-. The zero-order chi connectivity index (χ0) is 16.8. The maximum absolute atomic E-state index is 11.9. The number of aliphatic carboxylic acids is 1. The molecule has 9 heteroatoms. The Kier molecular flexibility index (Phi) is 6.44. The third-order valence-electron chi connectivity index (χ3n) is 3.38. The molecule has 0 bridgehead atoms. The first-order valence-electron chi connectivity index (χ1n) is 7.00. The van der Waals surface area contributed by atoms with Crippen molar-refractivity contribution in [2.24, 2.45) is 11.7 Å². The van der Waals surface area contributed by atoms with Gasteiger partial charge in [-0.05, 0) is 12.8 Å². The van der Waals surface area contributed by atoms with E-state index in [2.05, 4.69) is 16.2 Å². The van der Waals surface area contributed by atoms with Crippen LogP contribution < -0.4 is 16.5 Å². The van der Waals surface area contributed by atoms with Gasteiger partial charge < -0.3 is 27.0 Å². The lowest BCUT2D eigenvalue weighted by Gasteiger charge is -2.16.